The molecule has 8 rings (SSSR count). The summed E-state index contributed by atoms with van der Waals surface area (Å²) >= 11 is 0. The summed E-state index contributed by atoms with van der Waals surface area (Å²) < 4.78 is 0. The molecule has 0 unspecified atom stereocenters. The molecule has 1 nitrogen and oxygen atoms in total. The average Bonchev–Trinajstić information content (AvgIpc) is 3.35. The molecule has 1 aliphatic rings. The van der Waals surface area contributed by atoms with Gasteiger partial charge >= 0.3 is 0 Å². The number of hydrogen-bond donors (Lipinski definition) is 0. The van der Waals surface area contributed by atoms with E-state index in [9.17, 15) is 0 Å². The summed E-state index contributed by atoms with van der Waals surface area (Å²) in [5.74, 6) is 0. The summed E-state index contributed by atoms with van der Waals surface area (Å²) in [5.41, 5.74) is 16.1. The molecule has 1 heteroatoms. The summed E-state index contributed by atoms with van der Waals surface area (Å²) in [7, 11) is 0. The highest BCUT2D eigenvalue weighted by molar-refractivity contribution is 5.92. The van der Waals surface area contributed by atoms with Crippen molar-refractivity contribution < 1.29 is 0 Å². The molecule has 0 amide bonds. The van der Waals surface area contributed by atoms with Crippen LogP contribution < -0.4 is 4.90 Å². The summed E-state index contributed by atoms with van der Waals surface area (Å²) in [6.07, 6.45) is 0. The minimum Gasteiger partial charge on any atom is -0.310 e. The Kier molecular flexibility index (Phi) is 6.88. The van der Waals surface area contributed by atoms with Gasteiger partial charge in [0.1, 0.15) is 0 Å². The first-order chi connectivity index (χ1) is 22.6. The fourth-order valence-corrected chi connectivity index (χ4v) is 7.13. The second-order valence-electron chi connectivity index (χ2n) is 12.6. The zero-order chi connectivity index (χ0) is 31.1. The van der Waals surface area contributed by atoms with E-state index < -0.39 is 0 Å². The molecular weight excluding hydrogens is 555 g/mol. The highest BCUT2D eigenvalue weighted by Gasteiger charge is 2.35. The fourth-order valence-electron chi connectivity index (χ4n) is 7.13. The van der Waals surface area contributed by atoms with Gasteiger partial charge in [-0.2, -0.15) is 0 Å². The largest absolute Gasteiger partial charge is 0.310 e. The Balaban J connectivity index is 1.30. The van der Waals surface area contributed by atoms with Crippen molar-refractivity contribution >= 4 is 17.1 Å². The summed E-state index contributed by atoms with van der Waals surface area (Å²) in [6, 6.07) is 63.8. The van der Waals surface area contributed by atoms with Gasteiger partial charge in [-0.1, -0.05) is 147 Å². The molecule has 46 heavy (non-hydrogen) atoms. The second kappa shape index (κ2) is 11.4. The molecule has 7 aromatic rings. The average molecular weight is 590 g/mol. The van der Waals surface area contributed by atoms with E-state index in [0.29, 0.717) is 0 Å². The maximum absolute atomic E-state index is 2.41. The summed E-state index contributed by atoms with van der Waals surface area (Å²) in [4.78, 5) is 2.36. The van der Waals surface area contributed by atoms with Crippen LogP contribution in [-0.4, -0.2) is 0 Å². The van der Waals surface area contributed by atoms with Crippen molar-refractivity contribution in [2.24, 2.45) is 0 Å². The summed E-state index contributed by atoms with van der Waals surface area (Å²) in [5, 5.41) is 0. The predicted octanol–water partition coefficient (Wildman–Crippen LogP) is 12.5. The van der Waals surface area contributed by atoms with Crippen LogP contribution in [0.2, 0.25) is 0 Å². The maximum atomic E-state index is 2.41. The third-order valence-corrected chi connectivity index (χ3v) is 9.49. The first kappa shape index (κ1) is 27.9. The molecule has 0 saturated heterocycles. The van der Waals surface area contributed by atoms with Gasteiger partial charge in [-0.3, -0.25) is 0 Å². The Hall–Kier alpha value is -5.66. The highest BCUT2D eigenvalue weighted by atomic mass is 15.1. The number of hydrogen-bond acceptors (Lipinski definition) is 1. The van der Waals surface area contributed by atoms with Gasteiger partial charge in [0, 0.05) is 22.5 Å². The monoisotopic (exact) mass is 589 g/mol. The van der Waals surface area contributed by atoms with Gasteiger partial charge in [-0.05, 0) is 98.1 Å². The van der Waals surface area contributed by atoms with Crippen molar-refractivity contribution in [2.45, 2.75) is 19.3 Å². The van der Waals surface area contributed by atoms with E-state index in [1.165, 1.54) is 55.6 Å². The Morgan fingerprint density at radius 2 is 0.848 bits per heavy atom. The van der Waals surface area contributed by atoms with Gasteiger partial charge in [0.05, 0.1) is 0 Å². The summed E-state index contributed by atoms with van der Waals surface area (Å²) in [6.45, 7) is 4.68. The number of benzene rings is 7. The molecular formula is C45H35N. The van der Waals surface area contributed by atoms with Crippen molar-refractivity contribution in [1.82, 2.24) is 0 Å². The minimum absolute atomic E-state index is 0.0232. The molecule has 7 aromatic carbocycles. The smallest absolute Gasteiger partial charge is 0.0468 e. The molecule has 0 aliphatic heterocycles. The number of nitrogens with zero attached hydrogens (tertiary/aromatic N) is 1. The normalized spacial score (nSPS) is 12.7. The fraction of sp³-hybridized carbons (Fsp3) is 0.0667. The van der Waals surface area contributed by atoms with Crippen LogP contribution in [-0.2, 0) is 5.41 Å². The first-order valence-corrected chi connectivity index (χ1v) is 16.0. The van der Waals surface area contributed by atoms with Gasteiger partial charge < -0.3 is 4.90 Å². The molecule has 0 aromatic heterocycles. The molecule has 0 saturated carbocycles. The first-order valence-electron chi connectivity index (χ1n) is 16.0. The maximum Gasteiger partial charge on any atom is 0.0468 e. The van der Waals surface area contributed by atoms with E-state index in [1.807, 2.05) is 0 Å². The van der Waals surface area contributed by atoms with Gasteiger partial charge in [0.2, 0.25) is 0 Å². The van der Waals surface area contributed by atoms with Gasteiger partial charge in [0.25, 0.3) is 0 Å². The zero-order valence-corrected chi connectivity index (χ0v) is 26.2. The molecule has 0 atom stereocenters. The third-order valence-electron chi connectivity index (χ3n) is 9.49. The van der Waals surface area contributed by atoms with Crippen LogP contribution in [0.1, 0.15) is 25.0 Å². The lowest BCUT2D eigenvalue weighted by molar-refractivity contribution is 0.660. The number of fused-ring (bicyclic) bond motifs is 3. The lowest BCUT2D eigenvalue weighted by Crippen LogP contribution is -2.14. The van der Waals surface area contributed by atoms with E-state index in [1.54, 1.807) is 0 Å². The Morgan fingerprint density at radius 1 is 0.326 bits per heavy atom. The minimum atomic E-state index is -0.0232. The zero-order valence-electron chi connectivity index (χ0n) is 26.2. The number of rotatable bonds is 6. The lowest BCUT2D eigenvalue weighted by Gasteiger charge is -2.27. The van der Waals surface area contributed by atoms with Crippen LogP contribution in [0.3, 0.4) is 0 Å². The van der Waals surface area contributed by atoms with Gasteiger partial charge in [0.15, 0.2) is 0 Å². The van der Waals surface area contributed by atoms with Crippen molar-refractivity contribution in [1.29, 1.82) is 0 Å². The van der Waals surface area contributed by atoms with Crippen LogP contribution in [0.25, 0.3) is 44.5 Å². The van der Waals surface area contributed by atoms with E-state index in [4.69, 9.17) is 0 Å². The molecule has 0 heterocycles. The molecule has 0 spiro atoms. The Morgan fingerprint density at radius 3 is 1.57 bits per heavy atom. The molecule has 0 bridgehead atoms. The standard InChI is InChI=1S/C45H35N/c1-45(2)43-21-13-12-20-40(43)42-30-35(24-29-44(42)45)41-31-38(27-28-39(41)34-16-8-4-9-17-34)46(36-18-10-5-11-19-36)37-25-22-33(23-26-37)32-14-6-3-7-15-32/h3-31H,1-2H3. The van der Waals surface area contributed by atoms with Crippen molar-refractivity contribution in [2.75, 3.05) is 4.90 Å². The van der Waals surface area contributed by atoms with Gasteiger partial charge in [-0.15, -0.1) is 0 Å². The highest BCUT2D eigenvalue weighted by Crippen LogP contribution is 2.50. The Labute approximate surface area is 272 Å². The topological polar surface area (TPSA) is 3.24 Å². The Bertz CT molecular complexity index is 2140. The van der Waals surface area contributed by atoms with Crippen LogP contribution in [0, 0.1) is 0 Å². The van der Waals surface area contributed by atoms with Crippen LogP contribution in [0.4, 0.5) is 17.1 Å². The predicted molar refractivity (Wildman–Crippen MR) is 195 cm³/mol. The van der Waals surface area contributed by atoms with Gasteiger partial charge in [-0.25, -0.2) is 0 Å². The second-order valence-corrected chi connectivity index (χ2v) is 12.6. The lowest BCUT2D eigenvalue weighted by atomic mass is 9.82. The molecule has 1 aliphatic carbocycles. The quantitative estimate of drug-likeness (QED) is 0.186. The van der Waals surface area contributed by atoms with Crippen LogP contribution >= 0.6 is 0 Å². The van der Waals surface area contributed by atoms with Crippen molar-refractivity contribution in [3.8, 4) is 44.5 Å². The number of para-hydroxylation sites is 1. The van der Waals surface area contributed by atoms with E-state index in [0.717, 1.165) is 17.1 Å². The van der Waals surface area contributed by atoms with Crippen molar-refractivity contribution in [3.63, 3.8) is 0 Å². The molecule has 0 N–H and O–H groups in total. The van der Waals surface area contributed by atoms with Crippen molar-refractivity contribution in [3.05, 3.63) is 187 Å². The molecule has 0 radical (unpaired) electrons. The van der Waals surface area contributed by atoms with Crippen LogP contribution in [0.15, 0.2) is 176 Å². The third kappa shape index (κ3) is 4.82. The van der Waals surface area contributed by atoms with E-state index in [-0.39, 0.29) is 5.41 Å². The molecule has 0 fully saturated rings. The van der Waals surface area contributed by atoms with E-state index in [2.05, 4.69) is 195 Å². The van der Waals surface area contributed by atoms with E-state index >= 15 is 0 Å². The van der Waals surface area contributed by atoms with Crippen LogP contribution in [0.5, 0.6) is 0 Å². The SMILES string of the molecule is CC1(C)c2ccccc2-c2cc(-c3cc(N(c4ccccc4)c4ccc(-c5ccccc5)cc4)ccc3-c3ccccc3)ccc21. The number of anilines is 3. The molecule has 220 valence electrons.